The van der Waals surface area contributed by atoms with Crippen LogP contribution in [0.5, 0.6) is 0 Å². The maximum absolute atomic E-state index is 10.7. The first kappa shape index (κ1) is 12.2. The number of carboxylic acids is 1. The van der Waals surface area contributed by atoms with Crippen LogP contribution in [-0.2, 0) is 4.79 Å². The second-order valence-corrected chi connectivity index (χ2v) is 5.45. The third-order valence-corrected chi connectivity index (χ3v) is 4.07. The molecule has 0 amide bonds. The van der Waals surface area contributed by atoms with Crippen LogP contribution < -0.4 is 4.90 Å². The van der Waals surface area contributed by atoms with Gasteiger partial charge in [-0.05, 0) is 44.4 Å². The van der Waals surface area contributed by atoms with Gasteiger partial charge in [0, 0.05) is 23.5 Å². The molecule has 1 aliphatic heterocycles. The van der Waals surface area contributed by atoms with Crippen molar-refractivity contribution in [2.24, 2.45) is 0 Å². The zero-order valence-corrected chi connectivity index (χ0v) is 10.8. The Balaban J connectivity index is 2.10. The molecule has 1 aromatic rings. The van der Waals surface area contributed by atoms with Gasteiger partial charge in [0.25, 0.3) is 0 Å². The third-order valence-electron chi connectivity index (χ3n) is 2.98. The number of aliphatic carboxylic acids is 1. The lowest BCUT2D eigenvalue weighted by Crippen LogP contribution is -2.28. The van der Waals surface area contributed by atoms with Crippen LogP contribution in [0.3, 0.4) is 0 Å². The highest BCUT2D eigenvalue weighted by atomic mass is 32.1. The van der Waals surface area contributed by atoms with E-state index >= 15 is 0 Å². The van der Waals surface area contributed by atoms with E-state index in [1.54, 1.807) is 24.3 Å². The summed E-state index contributed by atoms with van der Waals surface area (Å²) in [6, 6.07) is 4.10. The van der Waals surface area contributed by atoms with Crippen molar-refractivity contribution in [3.8, 4) is 0 Å². The monoisotopic (exact) mass is 251 g/mol. The summed E-state index contributed by atoms with van der Waals surface area (Å²) < 4.78 is 0. The minimum atomic E-state index is -0.849. The zero-order valence-electron chi connectivity index (χ0n) is 9.98. The van der Waals surface area contributed by atoms with E-state index in [0.717, 1.165) is 18.0 Å². The van der Waals surface area contributed by atoms with E-state index in [2.05, 4.69) is 11.0 Å². The van der Waals surface area contributed by atoms with Gasteiger partial charge in [-0.1, -0.05) is 0 Å². The smallest absolute Gasteiger partial charge is 0.331 e. The van der Waals surface area contributed by atoms with Gasteiger partial charge in [-0.2, -0.15) is 0 Å². The van der Waals surface area contributed by atoms with Gasteiger partial charge in [0.15, 0.2) is 0 Å². The first-order valence-electron chi connectivity index (χ1n) is 5.93. The van der Waals surface area contributed by atoms with Crippen molar-refractivity contribution in [2.45, 2.75) is 26.2 Å². The van der Waals surface area contributed by atoms with Gasteiger partial charge in [0.1, 0.15) is 0 Å². The molecule has 0 aromatic carbocycles. The Morgan fingerprint density at radius 1 is 1.35 bits per heavy atom. The molecule has 1 fully saturated rings. The number of thiophene rings is 1. The molecule has 0 unspecified atom stereocenters. The van der Waals surface area contributed by atoms with Crippen LogP contribution in [0.4, 0.5) is 5.00 Å². The molecule has 2 rings (SSSR count). The standard InChI is InChI=1S/C13H17NO2S/c1-10(13(15)16)9-11-5-6-12(17-11)14-7-3-2-4-8-14/h5-6,9H,2-4,7-8H2,1H3,(H,15,16). The Labute approximate surface area is 105 Å². The molecule has 1 saturated heterocycles. The van der Waals surface area contributed by atoms with Gasteiger partial charge in [-0.3, -0.25) is 0 Å². The predicted molar refractivity (Wildman–Crippen MR) is 71.7 cm³/mol. The molecule has 2 heterocycles. The molecule has 0 radical (unpaired) electrons. The highest BCUT2D eigenvalue weighted by Gasteiger charge is 2.12. The lowest BCUT2D eigenvalue weighted by atomic mass is 10.1. The van der Waals surface area contributed by atoms with Gasteiger partial charge in [-0.25, -0.2) is 4.79 Å². The molecular weight excluding hydrogens is 234 g/mol. The minimum Gasteiger partial charge on any atom is -0.478 e. The van der Waals surface area contributed by atoms with E-state index in [9.17, 15) is 4.79 Å². The average molecular weight is 251 g/mol. The average Bonchev–Trinajstić information content (AvgIpc) is 2.78. The van der Waals surface area contributed by atoms with Crippen LogP contribution in [0.15, 0.2) is 17.7 Å². The highest BCUT2D eigenvalue weighted by Crippen LogP contribution is 2.29. The third kappa shape index (κ3) is 3.09. The molecule has 0 bridgehead atoms. The van der Waals surface area contributed by atoms with E-state index in [1.807, 2.05) is 6.07 Å². The molecule has 0 atom stereocenters. The normalized spacial score (nSPS) is 17.2. The summed E-state index contributed by atoms with van der Waals surface area (Å²) in [4.78, 5) is 14.1. The SMILES string of the molecule is CC(=Cc1ccc(N2CCCCC2)s1)C(=O)O. The fourth-order valence-electron chi connectivity index (χ4n) is 1.98. The Hall–Kier alpha value is -1.29. The Kier molecular flexibility index (Phi) is 3.84. The van der Waals surface area contributed by atoms with Crippen molar-refractivity contribution in [1.29, 1.82) is 0 Å². The van der Waals surface area contributed by atoms with Gasteiger partial charge in [0.05, 0.1) is 5.00 Å². The summed E-state index contributed by atoms with van der Waals surface area (Å²) in [6.07, 6.45) is 5.58. The molecule has 0 spiro atoms. The van der Waals surface area contributed by atoms with Crippen molar-refractivity contribution in [2.75, 3.05) is 18.0 Å². The maximum atomic E-state index is 10.7. The van der Waals surface area contributed by atoms with Gasteiger partial charge in [-0.15, -0.1) is 11.3 Å². The lowest BCUT2D eigenvalue weighted by molar-refractivity contribution is -0.132. The summed E-state index contributed by atoms with van der Waals surface area (Å²) in [7, 11) is 0. The molecule has 1 aliphatic rings. The number of anilines is 1. The maximum Gasteiger partial charge on any atom is 0.331 e. The topological polar surface area (TPSA) is 40.5 Å². The number of hydrogen-bond donors (Lipinski definition) is 1. The van der Waals surface area contributed by atoms with Crippen molar-refractivity contribution < 1.29 is 9.90 Å². The van der Waals surface area contributed by atoms with Crippen LogP contribution in [0.1, 0.15) is 31.1 Å². The summed E-state index contributed by atoms with van der Waals surface area (Å²) in [6.45, 7) is 3.88. The van der Waals surface area contributed by atoms with Gasteiger partial charge < -0.3 is 10.0 Å². The first-order chi connectivity index (χ1) is 8.16. The summed E-state index contributed by atoms with van der Waals surface area (Å²) in [5.41, 5.74) is 0.386. The van der Waals surface area contributed by atoms with Crippen LogP contribution in [0, 0.1) is 0 Å². The van der Waals surface area contributed by atoms with Crippen LogP contribution in [-0.4, -0.2) is 24.2 Å². The number of piperidine rings is 1. The quantitative estimate of drug-likeness (QED) is 0.838. The fourth-order valence-corrected chi connectivity index (χ4v) is 3.04. The van der Waals surface area contributed by atoms with Crippen LogP contribution in [0.2, 0.25) is 0 Å². The lowest BCUT2D eigenvalue weighted by Gasteiger charge is -2.27. The number of carboxylic acid groups (broad SMARTS) is 1. The Morgan fingerprint density at radius 3 is 2.71 bits per heavy atom. The number of rotatable bonds is 3. The summed E-state index contributed by atoms with van der Waals surface area (Å²) in [5, 5.41) is 10.1. The van der Waals surface area contributed by atoms with E-state index in [4.69, 9.17) is 5.11 Å². The van der Waals surface area contributed by atoms with Crippen molar-refractivity contribution in [3.05, 3.63) is 22.6 Å². The molecule has 3 nitrogen and oxygen atoms in total. The largest absolute Gasteiger partial charge is 0.478 e. The zero-order chi connectivity index (χ0) is 12.3. The molecule has 4 heteroatoms. The predicted octanol–water partition coefficient (Wildman–Crippen LogP) is 3.23. The van der Waals surface area contributed by atoms with Gasteiger partial charge in [0.2, 0.25) is 0 Å². The van der Waals surface area contributed by atoms with E-state index in [-0.39, 0.29) is 0 Å². The molecule has 1 N–H and O–H groups in total. The molecule has 17 heavy (non-hydrogen) atoms. The number of carbonyl (C=O) groups is 1. The molecular formula is C13H17NO2S. The summed E-state index contributed by atoms with van der Waals surface area (Å²) in [5.74, 6) is -0.849. The van der Waals surface area contributed by atoms with Gasteiger partial charge >= 0.3 is 5.97 Å². The Bertz CT molecular complexity index is 430. The second kappa shape index (κ2) is 5.36. The van der Waals surface area contributed by atoms with Crippen molar-refractivity contribution in [1.82, 2.24) is 0 Å². The first-order valence-corrected chi connectivity index (χ1v) is 6.75. The molecule has 92 valence electrons. The minimum absolute atomic E-state index is 0.386. The van der Waals surface area contributed by atoms with Crippen molar-refractivity contribution >= 4 is 28.4 Å². The summed E-state index contributed by atoms with van der Waals surface area (Å²) >= 11 is 1.67. The Morgan fingerprint density at radius 2 is 2.06 bits per heavy atom. The number of nitrogens with zero attached hydrogens (tertiary/aromatic N) is 1. The van der Waals surface area contributed by atoms with E-state index in [0.29, 0.717) is 5.57 Å². The molecule has 0 saturated carbocycles. The second-order valence-electron chi connectivity index (χ2n) is 4.36. The van der Waals surface area contributed by atoms with Crippen molar-refractivity contribution in [3.63, 3.8) is 0 Å². The molecule has 0 aliphatic carbocycles. The fraction of sp³-hybridized carbons (Fsp3) is 0.462. The number of hydrogen-bond acceptors (Lipinski definition) is 3. The van der Waals surface area contributed by atoms with Crippen LogP contribution in [0.25, 0.3) is 6.08 Å². The van der Waals surface area contributed by atoms with E-state index in [1.165, 1.54) is 24.3 Å². The van der Waals surface area contributed by atoms with E-state index < -0.39 is 5.97 Å². The van der Waals surface area contributed by atoms with Crippen LogP contribution >= 0.6 is 11.3 Å². The highest BCUT2D eigenvalue weighted by molar-refractivity contribution is 7.16. The molecule has 1 aromatic heterocycles.